The summed E-state index contributed by atoms with van der Waals surface area (Å²) >= 11 is 0. The van der Waals surface area contributed by atoms with E-state index in [9.17, 15) is 0 Å². The number of aromatic nitrogens is 6. The van der Waals surface area contributed by atoms with Crippen LogP contribution in [0.4, 0.5) is 0 Å². The molecule has 696 valence electrons. The van der Waals surface area contributed by atoms with Crippen molar-refractivity contribution in [3.05, 3.63) is 546 Å². The monoisotopic (exact) mass is 1900 g/mol. The number of pyridine rings is 6. The lowest BCUT2D eigenvalue weighted by Crippen LogP contribution is -1.94. The standard InChI is InChI=1S/3C48H30N2/c1-4-16-37-32(11-1)14-9-20-39(37)44-29-47(41-21-10-15-33-12-2-5-17-38(33)41)50-48-42-19-7-6-18-40(42)43(28-45(44)48)34-25-23-31(24-26-34)36-27-35-13-3-8-22-46(35)49-30-36;1-3-17-36-31(11-1)13-7-22-39(36)44-30-46(41-23-8-14-32-12-2-4-18-37(32)41)50-48-42-20-6-5-19-40(42)43(29-45(44)48)34-26-24-33(25-27-34)38-21-9-15-35-16-10-28-49-47(35)38;1-3-15-35-31(11-1)13-9-20-38(35)44-30-47(41-21-10-14-32-12-2-4-16-36(32)41)50-48-42-19-6-5-17-39(42)43(29-45(44)48)34-25-23-33(24-26-34)37-27-28-49-46-22-8-7-18-40(37)46/h3*1-30H. The van der Waals surface area contributed by atoms with Gasteiger partial charge in [-0.1, -0.05) is 461 Å². The first kappa shape index (κ1) is 87.8. The third-order valence-electron chi connectivity index (χ3n) is 30.3. The topological polar surface area (TPSA) is 77.3 Å². The van der Waals surface area contributed by atoms with Gasteiger partial charge in [-0.3, -0.25) is 15.0 Å². The summed E-state index contributed by atoms with van der Waals surface area (Å²) in [6, 6.07) is 190. The third-order valence-corrected chi connectivity index (χ3v) is 30.3. The van der Waals surface area contributed by atoms with E-state index in [-0.39, 0.29) is 0 Å². The molecule has 6 nitrogen and oxygen atoms in total. The molecule has 24 aromatic carbocycles. The van der Waals surface area contributed by atoms with Gasteiger partial charge in [0, 0.05) is 94.9 Å². The molecule has 0 N–H and O–H groups in total. The van der Waals surface area contributed by atoms with Crippen LogP contribution in [-0.2, 0) is 0 Å². The zero-order valence-electron chi connectivity index (χ0n) is 81.6. The number of fused-ring (bicyclic) bond motifs is 18. The highest BCUT2D eigenvalue weighted by Gasteiger charge is 2.25. The Balaban J connectivity index is 0.000000108. The first-order valence-electron chi connectivity index (χ1n) is 51.2. The molecule has 30 rings (SSSR count). The summed E-state index contributed by atoms with van der Waals surface area (Å²) in [4.78, 5) is 30.5. The largest absolute Gasteiger partial charge is 0.256 e. The van der Waals surface area contributed by atoms with Gasteiger partial charge in [0.1, 0.15) is 0 Å². The first-order chi connectivity index (χ1) is 74.4. The number of rotatable bonds is 12. The molecule has 0 saturated heterocycles. The second-order valence-electron chi connectivity index (χ2n) is 38.8. The molecule has 0 atom stereocenters. The van der Waals surface area contributed by atoms with Crippen molar-refractivity contribution in [1.29, 1.82) is 0 Å². The van der Waals surface area contributed by atoms with Crippen molar-refractivity contribution in [3.63, 3.8) is 0 Å². The van der Waals surface area contributed by atoms with Crippen molar-refractivity contribution in [2.45, 2.75) is 0 Å². The van der Waals surface area contributed by atoms with E-state index in [2.05, 4.69) is 515 Å². The van der Waals surface area contributed by atoms with Gasteiger partial charge in [0.2, 0.25) is 0 Å². The van der Waals surface area contributed by atoms with Crippen LogP contribution in [0.1, 0.15) is 0 Å². The molecule has 150 heavy (non-hydrogen) atoms. The molecule has 0 spiro atoms. The molecule has 0 saturated carbocycles. The minimum Gasteiger partial charge on any atom is -0.256 e. The highest BCUT2D eigenvalue weighted by Crippen LogP contribution is 2.50. The maximum absolute atomic E-state index is 5.50. The van der Waals surface area contributed by atoms with Crippen LogP contribution in [0.3, 0.4) is 0 Å². The Bertz CT molecular complexity index is 10200. The Morgan fingerprint density at radius 2 is 0.387 bits per heavy atom. The molecule has 6 heterocycles. The van der Waals surface area contributed by atoms with Gasteiger partial charge >= 0.3 is 0 Å². The first-order valence-corrected chi connectivity index (χ1v) is 51.2. The number of hydrogen-bond donors (Lipinski definition) is 0. The zero-order valence-corrected chi connectivity index (χ0v) is 81.6. The molecule has 0 unspecified atom stereocenters. The van der Waals surface area contributed by atoms with Crippen molar-refractivity contribution in [2.24, 2.45) is 0 Å². The van der Waals surface area contributed by atoms with E-state index in [0.717, 1.165) is 138 Å². The summed E-state index contributed by atoms with van der Waals surface area (Å²) in [6.45, 7) is 0. The lowest BCUT2D eigenvalue weighted by molar-refractivity contribution is 1.41. The van der Waals surface area contributed by atoms with Gasteiger partial charge in [-0.15, -0.1) is 0 Å². The van der Waals surface area contributed by atoms with E-state index < -0.39 is 0 Å². The molecule has 6 heteroatoms. The minimum atomic E-state index is 0.975. The van der Waals surface area contributed by atoms with Crippen LogP contribution in [0, 0.1) is 0 Å². The van der Waals surface area contributed by atoms with Crippen LogP contribution in [0.15, 0.2) is 546 Å². The molecular weight excluding hydrogens is 1810 g/mol. The second kappa shape index (κ2) is 37.4. The van der Waals surface area contributed by atoms with Gasteiger partial charge in [0.15, 0.2) is 0 Å². The molecule has 6 aromatic heterocycles. The van der Waals surface area contributed by atoms with Crippen molar-refractivity contribution >= 4 is 162 Å². The van der Waals surface area contributed by atoms with E-state index in [1.807, 2.05) is 36.8 Å². The van der Waals surface area contributed by atoms with E-state index in [4.69, 9.17) is 24.9 Å². The number of para-hydroxylation sites is 3. The molecule has 0 aliphatic heterocycles. The Hall–Kier alpha value is -19.9. The molecule has 0 aliphatic carbocycles. The summed E-state index contributed by atoms with van der Waals surface area (Å²) in [6.07, 6.45) is 5.74. The maximum Gasteiger partial charge on any atom is 0.0794 e. The van der Waals surface area contributed by atoms with Crippen LogP contribution in [0.25, 0.3) is 296 Å². The van der Waals surface area contributed by atoms with E-state index >= 15 is 0 Å². The van der Waals surface area contributed by atoms with Gasteiger partial charge in [-0.2, -0.15) is 0 Å². The fourth-order valence-corrected chi connectivity index (χ4v) is 23.1. The summed E-state index contributed by atoms with van der Waals surface area (Å²) in [5, 5.41) is 28.5. The van der Waals surface area contributed by atoms with Crippen LogP contribution < -0.4 is 0 Å². The average molecular weight is 1900 g/mol. The summed E-state index contributed by atoms with van der Waals surface area (Å²) in [5.74, 6) is 0. The number of hydrogen-bond acceptors (Lipinski definition) is 6. The number of nitrogens with zero attached hydrogens (tertiary/aromatic N) is 6. The summed E-state index contributed by atoms with van der Waals surface area (Å²) in [7, 11) is 0. The van der Waals surface area contributed by atoms with E-state index in [1.54, 1.807) is 0 Å². The third kappa shape index (κ3) is 15.7. The van der Waals surface area contributed by atoms with E-state index in [1.165, 1.54) is 159 Å². The lowest BCUT2D eigenvalue weighted by atomic mass is 9.89. The minimum absolute atomic E-state index is 0.975. The highest BCUT2D eigenvalue weighted by atomic mass is 14.7. The Morgan fingerprint density at radius 3 is 0.767 bits per heavy atom. The SMILES string of the molecule is c1ccc2c(-c3cc(-c4cccc5ccccc45)c4cc(-c5ccc(-c6cccc7cccnc67)cc5)c5ccccc5c4n3)cccc2c1.c1ccc2c(-c3cc(-c4cccc5ccccc45)c4cc(-c5ccc(-c6ccnc7ccccc67)cc5)c5ccccc5c4n3)cccc2c1.c1ccc2ncc(-c3ccc(-c4cc5c(-c6cccc7ccccc67)cc(-c6cccc7ccccc67)nc5c5ccccc45)cc3)cc2c1. The molecule has 0 aliphatic rings. The normalized spacial score (nSPS) is 11.6. The molecule has 0 bridgehead atoms. The van der Waals surface area contributed by atoms with Gasteiger partial charge < -0.3 is 0 Å². The Morgan fingerprint density at radius 1 is 0.113 bits per heavy atom. The maximum atomic E-state index is 5.50. The van der Waals surface area contributed by atoms with Crippen LogP contribution >= 0.6 is 0 Å². The van der Waals surface area contributed by atoms with Crippen molar-refractivity contribution in [1.82, 2.24) is 29.9 Å². The highest BCUT2D eigenvalue weighted by molar-refractivity contribution is 6.23. The average Bonchev–Trinajstić information content (AvgIpc) is 0.735. The van der Waals surface area contributed by atoms with Gasteiger partial charge in [0.25, 0.3) is 0 Å². The van der Waals surface area contributed by atoms with Crippen LogP contribution in [0.5, 0.6) is 0 Å². The van der Waals surface area contributed by atoms with Crippen LogP contribution in [0.2, 0.25) is 0 Å². The second-order valence-corrected chi connectivity index (χ2v) is 38.8. The Kier molecular flexibility index (Phi) is 21.9. The molecular formula is C144H90N6. The molecule has 30 aromatic rings. The quantitative estimate of drug-likeness (QED) is 0.113. The van der Waals surface area contributed by atoms with Gasteiger partial charge in [-0.05, 0) is 237 Å². The molecule has 0 amide bonds. The smallest absolute Gasteiger partial charge is 0.0794 e. The van der Waals surface area contributed by atoms with E-state index in [0.29, 0.717) is 0 Å². The molecule has 0 radical (unpaired) electrons. The molecule has 0 fully saturated rings. The Labute approximate surface area is 866 Å². The lowest BCUT2D eigenvalue weighted by Gasteiger charge is -2.17. The zero-order chi connectivity index (χ0) is 99.1. The fourth-order valence-electron chi connectivity index (χ4n) is 23.1. The van der Waals surface area contributed by atoms with Crippen LogP contribution in [-0.4, -0.2) is 29.9 Å². The van der Waals surface area contributed by atoms with Gasteiger partial charge in [-0.25, -0.2) is 15.0 Å². The van der Waals surface area contributed by atoms with Crippen molar-refractivity contribution < 1.29 is 0 Å². The van der Waals surface area contributed by atoms with Gasteiger partial charge in [0.05, 0.1) is 50.2 Å². The predicted octanol–water partition coefficient (Wildman–Crippen LogP) is 38.7. The fraction of sp³-hybridized carbons (Fsp3) is 0. The van der Waals surface area contributed by atoms with Crippen molar-refractivity contribution in [3.8, 4) is 134 Å². The summed E-state index contributed by atoms with van der Waals surface area (Å²) < 4.78 is 0. The summed E-state index contributed by atoms with van der Waals surface area (Å²) in [5.41, 5.74) is 33.6. The number of benzene rings is 24. The predicted molar refractivity (Wildman–Crippen MR) is 634 cm³/mol. The van der Waals surface area contributed by atoms with Crippen molar-refractivity contribution in [2.75, 3.05) is 0 Å².